The number of hydrogen-bond donors (Lipinski definition) is 1. The van der Waals surface area contributed by atoms with Crippen LogP contribution in [0.25, 0.3) is 0 Å². The Morgan fingerprint density at radius 3 is 2.19 bits per heavy atom. The summed E-state index contributed by atoms with van der Waals surface area (Å²) in [6.45, 7) is 11.5. The molecular weight excluding hydrogens is 338 g/mol. The van der Waals surface area contributed by atoms with Crippen molar-refractivity contribution in [1.29, 1.82) is 0 Å². The average molecular weight is 376 g/mol. The van der Waals surface area contributed by atoms with Crippen LogP contribution in [0.5, 0.6) is 0 Å². The lowest BCUT2D eigenvalue weighted by Gasteiger charge is -2.30. The van der Waals surface area contributed by atoms with Gasteiger partial charge in [0.15, 0.2) is 0 Å². The van der Waals surface area contributed by atoms with Crippen molar-refractivity contribution in [3.05, 3.63) is 23.8 Å². The Morgan fingerprint density at radius 1 is 1.07 bits per heavy atom. The van der Waals surface area contributed by atoms with Crippen molar-refractivity contribution < 1.29 is 9.59 Å². The highest BCUT2D eigenvalue weighted by molar-refractivity contribution is 5.91. The van der Waals surface area contributed by atoms with Crippen LogP contribution >= 0.6 is 0 Å². The van der Waals surface area contributed by atoms with E-state index in [9.17, 15) is 9.59 Å². The normalized spacial score (nSPS) is 11.0. The Hall–Kier alpha value is -2.04. The van der Waals surface area contributed by atoms with Crippen molar-refractivity contribution in [2.75, 3.05) is 30.9 Å². The molecule has 0 heterocycles. The molecule has 0 aliphatic carbocycles. The van der Waals surface area contributed by atoms with E-state index >= 15 is 0 Å². The maximum absolute atomic E-state index is 13.1. The maximum atomic E-state index is 13.1. The van der Waals surface area contributed by atoms with Crippen molar-refractivity contribution in [2.45, 2.75) is 60.4 Å². The summed E-state index contributed by atoms with van der Waals surface area (Å²) in [7, 11) is 4.00. The molecule has 0 aliphatic rings. The number of amides is 2. The van der Waals surface area contributed by atoms with Gasteiger partial charge in [-0.05, 0) is 42.5 Å². The molecule has 1 aromatic rings. The van der Waals surface area contributed by atoms with E-state index in [0.717, 1.165) is 36.3 Å². The Morgan fingerprint density at radius 2 is 1.70 bits per heavy atom. The zero-order valence-corrected chi connectivity index (χ0v) is 18.1. The Bertz CT molecular complexity index is 622. The molecule has 0 radical (unpaired) electrons. The number of carbonyl (C=O) groups excluding carboxylic acids is 2. The van der Waals surface area contributed by atoms with Crippen LogP contribution in [0.1, 0.15) is 59.4 Å². The van der Waals surface area contributed by atoms with Gasteiger partial charge in [-0.25, -0.2) is 0 Å². The Balaban J connectivity index is 3.21. The van der Waals surface area contributed by atoms with Gasteiger partial charge in [-0.2, -0.15) is 0 Å². The first kappa shape index (κ1) is 23.0. The van der Waals surface area contributed by atoms with Crippen molar-refractivity contribution in [3.63, 3.8) is 0 Å². The van der Waals surface area contributed by atoms with Gasteiger partial charge in [0.05, 0.1) is 0 Å². The number of hydrogen-bond acceptors (Lipinski definition) is 3. The van der Waals surface area contributed by atoms with Gasteiger partial charge in [-0.15, -0.1) is 0 Å². The molecule has 2 amide bonds. The second-order valence-electron chi connectivity index (χ2n) is 7.77. The molecule has 0 spiro atoms. The fourth-order valence-electron chi connectivity index (χ4n) is 3.25. The van der Waals surface area contributed by atoms with Gasteiger partial charge in [0.25, 0.3) is 0 Å². The van der Waals surface area contributed by atoms with Crippen molar-refractivity contribution in [2.24, 2.45) is 11.8 Å². The molecule has 0 saturated heterocycles. The second-order valence-corrected chi connectivity index (χ2v) is 7.77. The van der Waals surface area contributed by atoms with Crippen LogP contribution in [0.2, 0.25) is 0 Å². The largest absolute Gasteiger partial charge is 0.377 e. The van der Waals surface area contributed by atoms with Crippen molar-refractivity contribution >= 4 is 23.2 Å². The highest BCUT2D eigenvalue weighted by Crippen LogP contribution is 2.26. The fraction of sp³-hybridized carbons (Fsp3) is 0.636. The molecule has 1 aromatic carbocycles. The molecule has 1 rings (SSSR count). The van der Waals surface area contributed by atoms with Gasteiger partial charge < -0.3 is 15.1 Å². The van der Waals surface area contributed by atoms with Gasteiger partial charge in [0.1, 0.15) is 0 Å². The lowest BCUT2D eigenvalue weighted by atomic mass is 10.00. The van der Waals surface area contributed by atoms with E-state index in [0.29, 0.717) is 18.9 Å². The third kappa shape index (κ3) is 6.89. The summed E-state index contributed by atoms with van der Waals surface area (Å²) in [5.74, 6) is 0.677. The van der Waals surface area contributed by atoms with Crippen LogP contribution in [-0.2, 0) is 16.1 Å². The van der Waals surface area contributed by atoms with Crippen LogP contribution in [0.15, 0.2) is 18.2 Å². The summed E-state index contributed by atoms with van der Waals surface area (Å²) in [6.07, 6.45) is 2.16. The first-order chi connectivity index (χ1) is 12.7. The molecule has 0 bridgehead atoms. The van der Waals surface area contributed by atoms with E-state index in [2.05, 4.69) is 37.9 Å². The third-order valence-corrected chi connectivity index (χ3v) is 4.76. The van der Waals surface area contributed by atoms with Crippen LogP contribution in [0.3, 0.4) is 0 Å². The van der Waals surface area contributed by atoms with Crippen molar-refractivity contribution in [1.82, 2.24) is 4.90 Å². The molecule has 152 valence electrons. The molecule has 1 N–H and O–H groups in total. The average Bonchev–Trinajstić information content (AvgIpc) is 2.61. The second kappa shape index (κ2) is 11.0. The van der Waals surface area contributed by atoms with E-state index in [-0.39, 0.29) is 17.7 Å². The number of rotatable bonds is 10. The summed E-state index contributed by atoms with van der Waals surface area (Å²) in [5.41, 5.74) is 2.89. The van der Waals surface area contributed by atoms with E-state index in [1.165, 1.54) is 0 Å². The molecule has 5 heteroatoms. The SMILES string of the molecule is CCC(=O)Nc1ccc(N(C)C)c(CN(CC(C)C)C(=O)C(CC)CC)c1. The molecule has 0 saturated carbocycles. The first-order valence-electron chi connectivity index (χ1n) is 10.1. The Labute approximate surface area is 165 Å². The minimum atomic E-state index is -0.00861. The quantitative estimate of drug-likeness (QED) is 0.654. The zero-order valence-electron chi connectivity index (χ0n) is 18.1. The van der Waals surface area contributed by atoms with E-state index in [4.69, 9.17) is 0 Å². The monoisotopic (exact) mass is 375 g/mol. The predicted molar refractivity (Wildman–Crippen MR) is 114 cm³/mol. The lowest BCUT2D eigenvalue weighted by molar-refractivity contribution is -0.137. The van der Waals surface area contributed by atoms with E-state index in [1.54, 1.807) is 0 Å². The first-order valence-corrected chi connectivity index (χ1v) is 10.1. The minimum Gasteiger partial charge on any atom is -0.377 e. The molecule has 0 atom stereocenters. The van der Waals surface area contributed by atoms with Crippen molar-refractivity contribution in [3.8, 4) is 0 Å². The summed E-state index contributed by atoms with van der Waals surface area (Å²) in [4.78, 5) is 28.9. The molecule has 5 nitrogen and oxygen atoms in total. The van der Waals surface area contributed by atoms with Gasteiger partial charge in [0.2, 0.25) is 11.8 Å². The molecular formula is C22H37N3O2. The van der Waals surface area contributed by atoms with E-state index < -0.39 is 0 Å². The summed E-state index contributed by atoms with van der Waals surface area (Å²) in [5, 5.41) is 2.93. The van der Waals surface area contributed by atoms with Gasteiger partial charge >= 0.3 is 0 Å². The predicted octanol–water partition coefficient (Wildman–Crippen LogP) is 4.52. The smallest absolute Gasteiger partial charge is 0.225 e. The fourth-order valence-corrected chi connectivity index (χ4v) is 3.25. The number of benzene rings is 1. The maximum Gasteiger partial charge on any atom is 0.225 e. The highest BCUT2D eigenvalue weighted by atomic mass is 16.2. The van der Waals surface area contributed by atoms with Gasteiger partial charge in [-0.3, -0.25) is 9.59 Å². The zero-order chi connectivity index (χ0) is 20.6. The third-order valence-electron chi connectivity index (χ3n) is 4.76. The minimum absolute atomic E-state index is 0.00861. The number of nitrogens with one attached hydrogen (secondary N) is 1. The molecule has 0 fully saturated rings. The highest BCUT2D eigenvalue weighted by Gasteiger charge is 2.23. The molecule has 27 heavy (non-hydrogen) atoms. The van der Waals surface area contributed by atoms with Crippen LogP contribution in [-0.4, -0.2) is 37.4 Å². The number of nitrogens with zero attached hydrogens (tertiary/aromatic N) is 2. The molecule has 0 aromatic heterocycles. The molecule has 0 aliphatic heterocycles. The summed E-state index contributed by atoms with van der Waals surface area (Å²) >= 11 is 0. The van der Waals surface area contributed by atoms with Crippen LogP contribution < -0.4 is 10.2 Å². The van der Waals surface area contributed by atoms with Crippen LogP contribution in [0, 0.1) is 11.8 Å². The Kier molecular flexibility index (Phi) is 9.33. The van der Waals surface area contributed by atoms with Gasteiger partial charge in [0, 0.05) is 50.9 Å². The standard InChI is InChI=1S/C22H37N3O2/c1-8-17(9-2)22(27)25(14-16(4)5)15-18-13-19(23-21(26)10-3)11-12-20(18)24(6)7/h11-13,16-17H,8-10,14-15H2,1-7H3,(H,23,26). The topological polar surface area (TPSA) is 52.7 Å². The number of anilines is 2. The summed E-state index contributed by atoms with van der Waals surface area (Å²) in [6, 6.07) is 5.92. The number of carbonyl (C=O) groups is 2. The van der Waals surface area contributed by atoms with E-state index in [1.807, 2.05) is 44.1 Å². The molecule has 0 unspecified atom stereocenters. The lowest BCUT2D eigenvalue weighted by Crippen LogP contribution is -2.38. The van der Waals surface area contributed by atoms with Crippen LogP contribution in [0.4, 0.5) is 11.4 Å². The van der Waals surface area contributed by atoms with Gasteiger partial charge in [-0.1, -0.05) is 34.6 Å². The summed E-state index contributed by atoms with van der Waals surface area (Å²) < 4.78 is 0.